The molecule has 0 aliphatic heterocycles. The molecule has 0 saturated heterocycles. The summed E-state index contributed by atoms with van der Waals surface area (Å²) < 4.78 is 0. The number of aromatic nitrogens is 3. The summed E-state index contributed by atoms with van der Waals surface area (Å²) in [4.78, 5) is 14.2. The molecule has 1 heterocycles. The van der Waals surface area contributed by atoms with Gasteiger partial charge in [-0.1, -0.05) is 31.5 Å². The molecule has 4 aromatic rings. The zero-order valence-electron chi connectivity index (χ0n) is 17.6. The van der Waals surface area contributed by atoms with Crippen molar-refractivity contribution in [1.82, 2.24) is 15.0 Å². The number of nitrogens with zero attached hydrogens (tertiary/aromatic N) is 3. The van der Waals surface area contributed by atoms with E-state index in [1.807, 2.05) is 62.4 Å². The van der Waals surface area contributed by atoms with Crippen molar-refractivity contribution in [3.8, 4) is 5.69 Å². The van der Waals surface area contributed by atoms with E-state index in [9.17, 15) is 4.79 Å². The maximum atomic E-state index is 12.6. The van der Waals surface area contributed by atoms with Gasteiger partial charge in [0.2, 0.25) is 0 Å². The Hall–Kier alpha value is -3.47. The van der Waals surface area contributed by atoms with Crippen molar-refractivity contribution in [2.45, 2.75) is 40.0 Å². The van der Waals surface area contributed by atoms with Gasteiger partial charge in [-0.3, -0.25) is 4.79 Å². The maximum Gasteiger partial charge on any atom is 0.255 e. The van der Waals surface area contributed by atoms with E-state index in [-0.39, 0.29) is 5.91 Å². The summed E-state index contributed by atoms with van der Waals surface area (Å²) >= 11 is 0. The normalized spacial score (nSPS) is 11.0. The molecule has 0 radical (unpaired) electrons. The highest BCUT2D eigenvalue weighted by Gasteiger charge is 2.10. The first-order valence-electron chi connectivity index (χ1n) is 10.4. The molecule has 5 heteroatoms. The van der Waals surface area contributed by atoms with E-state index in [0.717, 1.165) is 28.7 Å². The van der Waals surface area contributed by atoms with Crippen LogP contribution in [0.4, 0.5) is 5.69 Å². The number of amides is 1. The third-order valence-electron chi connectivity index (χ3n) is 5.39. The predicted molar refractivity (Wildman–Crippen MR) is 121 cm³/mol. The lowest BCUT2D eigenvalue weighted by molar-refractivity contribution is 0.102. The summed E-state index contributed by atoms with van der Waals surface area (Å²) in [7, 11) is 0. The van der Waals surface area contributed by atoms with E-state index in [2.05, 4.69) is 34.6 Å². The molecule has 0 spiro atoms. The molecule has 0 saturated carbocycles. The second-order valence-corrected chi connectivity index (χ2v) is 7.72. The van der Waals surface area contributed by atoms with Crippen LogP contribution >= 0.6 is 0 Å². The summed E-state index contributed by atoms with van der Waals surface area (Å²) in [6, 6.07) is 19.7. The van der Waals surface area contributed by atoms with Gasteiger partial charge in [0, 0.05) is 11.3 Å². The van der Waals surface area contributed by atoms with Gasteiger partial charge in [0.25, 0.3) is 5.91 Å². The third-order valence-corrected chi connectivity index (χ3v) is 5.39. The van der Waals surface area contributed by atoms with E-state index in [4.69, 9.17) is 0 Å². The van der Waals surface area contributed by atoms with Gasteiger partial charge in [0.1, 0.15) is 11.0 Å². The SMILES string of the molecule is CCCCc1ccc(-n2nc3ccc(NC(=O)c4ccc(C)c(C)c4)cc3n2)cc1. The van der Waals surface area contributed by atoms with Crippen LogP contribution in [0.15, 0.2) is 60.7 Å². The molecule has 0 atom stereocenters. The minimum Gasteiger partial charge on any atom is -0.322 e. The summed E-state index contributed by atoms with van der Waals surface area (Å²) in [5.74, 6) is -0.132. The summed E-state index contributed by atoms with van der Waals surface area (Å²) in [6.07, 6.45) is 3.48. The Bertz CT molecular complexity index is 1190. The van der Waals surface area contributed by atoms with Gasteiger partial charge in [-0.25, -0.2) is 0 Å². The van der Waals surface area contributed by atoms with Crippen LogP contribution in [0.3, 0.4) is 0 Å². The molecule has 1 N–H and O–H groups in total. The van der Waals surface area contributed by atoms with E-state index < -0.39 is 0 Å². The molecule has 30 heavy (non-hydrogen) atoms. The van der Waals surface area contributed by atoms with Crippen molar-refractivity contribution in [2.24, 2.45) is 0 Å². The molecular weight excluding hydrogens is 372 g/mol. The highest BCUT2D eigenvalue weighted by Crippen LogP contribution is 2.19. The Morgan fingerprint density at radius 1 is 0.900 bits per heavy atom. The van der Waals surface area contributed by atoms with Gasteiger partial charge < -0.3 is 5.32 Å². The van der Waals surface area contributed by atoms with Gasteiger partial charge in [-0.2, -0.15) is 4.80 Å². The minimum absolute atomic E-state index is 0.132. The quantitative estimate of drug-likeness (QED) is 0.458. The molecule has 0 fully saturated rings. The maximum absolute atomic E-state index is 12.6. The average molecular weight is 399 g/mol. The van der Waals surface area contributed by atoms with Crippen LogP contribution in [-0.2, 0) is 6.42 Å². The smallest absolute Gasteiger partial charge is 0.255 e. The Labute approximate surface area is 176 Å². The van der Waals surface area contributed by atoms with Crippen molar-refractivity contribution in [3.05, 3.63) is 82.9 Å². The number of carbonyl (C=O) groups excluding carboxylic acids is 1. The Kier molecular flexibility index (Phi) is 5.61. The number of unbranched alkanes of at least 4 members (excludes halogenated alkanes) is 1. The van der Waals surface area contributed by atoms with E-state index >= 15 is 0 Å². The number of hydrogen-bond donors (Lipinski definition) is 1. The number of anilines is 1. The first kappa shape index (κ1) is 19.8. The molecular formula is C25H26N4O. The lowest BCUT2D eigenvalue weighted by atomic mass is 10.1. The van der Waals surface area contributed by atoms with Crippen LogP contribution in [0.25, 0.3) is 16.7 Å². The molecule has 1 amide bonds. The number of rotatable bonds is 6. The van der Waals surface area contributed by atoms with Crippen molar-refractivity contribution in [3.63, 3.8) is 0 Å². The number of aryl methyl sites for hydroxylation is 3. The average Bonchev–Trinajstić information content (AvgIpc) is 3.18. The Morgan fingerprint density at radius 2 is 1.67 bits per heavy atom. The van der Waals surface area contributed by atoms with Gasteiger partial charge in [0.05, 0.1) is 5.69 Å². The molecule has 0 unspecified atom stereocenters. The van der Waals surface area contributed by atoms with Crippen molar-refractivity contribution < 1.29 is 4.79 Å². The van der Waals surface area contributed by atoms with Crippen molar-refractivity contribution in [2.75, 3.05) is 5.32 Å². The summed E-state index contributed by atoms with van der Waals surface area (Å²) in [5, 5.41) is 12.1. The van der Waals surface area contributed by atoms with E-state index in [0.29, 0.717) is 11.3 Å². The minimum atomic E-state index is -0.132. The van der Waals surface area contributed by atoms with Gasteiger partial charge in [-0.05, 0) is 85.8 Å². The Balaban J connectivity index is 1.53. The Morgan fingerprint density at radius 3 is 2.40 bits per heavy atom. The topological polar surface area (TPSA) is 59.8 Å². The molecule has 0 aliphatic rings. The second kappa shape index (κ2) is 8.49. The highest BCUT2D eigenvalue weighted by atomic mass is 16.1. The third kappa shape index (κ3) is 4.25. The molecule has 5 nitrogen and oxygen atoms in total. The van der Waals surface area contributed by atoms with Crippen LogP contribution in [0, 0.1) is 13.8 Å². The lowest BCUT2D eigenvalue weighted by Crippen LogP contribution is -2.12. The largest absolute Gasteiger partial charge is 0.322 e. The van der Waals surface area contributed by atoms with Crippen LogP contribution < -0.4 is 5.32 Å². The van der Waals surface area contributed by atoms with Crippen LogP contribution in [-0.4, -0.2) is 20.9 Å². The fourth-order valence-corrected chi connectivity index (χ4v) is 3.37. The van der Waals surface area contributed by atoms with E-state index in [1.54, 1.807) is 4.80 Å². The number of benzene rings is 3. The first-order valence-corrected chi connectivity index (χ1v) is 10.4. The van der Waals surface area contributed by atoms with Crippen LogP contribution in [0.2, 0.25) is 0 Å². The first-order chi connectivity index (χ1) is 14.5. The summed E-state index contributed by atoms with van der Waals surface area (Å²) in [6.45, 7) is 6.24. The zero-order valence-corrected chi connectivity index (χ0v) is 17.6. The highest BCUT2D eigenvalue weighted by molar-refractivity contribution is 6.05. The standard InChI is InChI=1S/C25H26N4O/c1-4-5-6-19-8-12-22(13-9-19)29-27-23-14-11-21(16-24(23)28-29)26-25(30)20-10-7-17(2)18(3)15-20/h7-16H,4-6H2,1-3H3,(H,26,30). The van der Waals surface area contributed by atoms with Crippen molar-refractivity contribution >= 4 is 22.6 Å². The lowest BCUT2D eigenvalue weighted by Gasteiger charge is -2.07. The van der Waals surface area contributed by atoms with Crippen molar-refractivity contribution in [1.29, 1.82) is 0 Å². The number of carbonyl (C=O) groups is 1. The molecule has 0 aliphatic carbocycles. The molecule has 4 rings (SSSR count). The second-order valence-electron chi connectivity index (χ2n) is 7.72. The van der Waals surface area contributed by atoms with Gasteiger partial charge in [-0.15, -0.1) is 10.2 Å². The van der Waals surface area contributed by atoms with Gasteiger partial charge in [0.15, 0.2) is 0 Å². The zero-order chi connectivity index (χ0) is 21.1. The molecule has 1 aromatic heterocycles. The molecule has 3 aromatic carbocycles. The van der Waals surface area contributed by atoms with E-state index in [1.165, 1.54) is 24.0 Å². The number of nitrogens with one attached hydrogen (secondary N) is 1. The summed E-state index contributed by atoms with van der Waals surface area (Å²) in [5.41, 5.74) is 7.39. The monoisotopic (exact) mass is 398 g/mol. The number of fused-ring (bicyclic) bond motifs is 1. The number of hydrogen-bond acceptors (Lipinski definition) is 3. The van der Waals surface area contributed by atoms with Crippen LogP contribution in [0.1, 0.15) is 46.8 Å². The van der Waals surface area contributed by atoms with Crippen LogP contribution in [0.5, 0.6) is 0 Å². The predicted octanol–water partition coefficient (Wildman–Crippen LogP) is 5.63. The molecule has 0 bridgehead atoms. The molecule has 152 valence electrons. The van der Waals surface area contributed by atoms with Gasteiger partial charge >= 0.3 is 0 Å². The fraction of sp³-hybridized carbons (Fsp3) is 0.240. The fourth-order valence-electron chi connectivity index (χ4n) is 3.37.